The van der Waals surface area contributed by atoms with E-state index in [0.29, 0.717) is 0 Å². The standard InChI is InChI=1S/C3H6P4/c4-6-3-1-2-5-7-3/h1-2,6-7H,4H2. The molecule has 4 heteroatoms. The summed E-state index contributed by atoms with van der Waals surface area (Å²) in [7, 11) is 6.30. The second-order valence-corrected chi connectivity index (χ2v) is 6.07. The normalized spacial score (nSPS) is 13.3. The van der Waals surface area contributed by atoms with Gasteiger partial charge < -0.3 is 0 Å². The highest BCUT2D eigenvalue weighted by atomic mass is 32.0. The van der Waals surface area contributed by atoms with E-state index in [2.05, 4.69) is 20.8 Å². The summed E-state index contributed by atoms with van der Waals surface area (Å²) in [5.41, 5.74) is 0. The Morgan fingerprint density at radius 1 is 1.86 bits per heavy atom. The van der Waals surface area contributed by atoms with Crippen molar-refractivity contribution in [1.82, 2.24) is 0 Å². The van der Waals surface area contributed by atoms with E-state index in [1.54, 1.807) is 5.04 Å². The minimum Gasteiger partial charge on any atom is -0.109 e. The van der Waals surface area contributed by atoms with Crippen LogP contribution in [0.1, 0.15) is 0 Å². The second-order valence-electron chi connectivity index (χ2n) is 1.11. The van der Waals surface area contributed by atoms with Crippen LogP contribution in [0.3, 0.4) is 0 Å². The highest BCUT2D eigenvalue weighted by Crippen LogP contribution is 2.29. The van der Waals surface area contributed by atoms with Crippen molar-refractivity contribution in [3.63, 3.8) is 0 Å². The summed E-state index contributed by atoms with van der Waals surface area (Å²) >= 11 is 0. The molecule has 3 atom stereocenters. The Hall–Kier alpha value is 1.07. The lowest BCUT2D eigenvalue weighted by molar-refractivity contribution is 2.23. The van der Waals surface area contributed by atoms with Crippen LogP contribution in [0, 0.1) is 0 Å². The minimum atomic E-state index is 0.963. The summed E-state index contributed by atoms with van der Waals surface area (Å²) in [5, 5.41) is 1.62. The molecule has 1 heterocycles. The molecular formula is C3H6P4. The van der Waals surface area contributed by atoms with E-state index < -0.39 is 0 Å². The SMILES string of the molecule is PPc1ccp[pH]1. The predicted molar refractivity (Wildman–Crippen MR) is 46.1 cm³/mol. The first-order valence-corrected chi connectivity index (χ1v) is 7.51. The van der Waals surface area contributed by atoms with E-state index in [9.17, 15) is 0 Å². The van der Waals surface area contributed by atoms with Gasteiger partial charge in [-0.2, -0.15) is 0 Å². The average Bonchev–Trinajstić information content (AvgIpc) is 2.14. The highest BCUT2D eigenvalue weighted by molar-refractivity contribution is 8.12. The number of rotatable bonds is 1. The Balaban J connectivity index is 2.76. The molecule has 0 bridgehead atoms. The Kier molecular flexibility index (Phi) is 2.80. The van der Waals surface area contributed by atoms with Gasteiger partial charge in [0.1, 0.15) is 0 Å². The van der Waals surface area contributed by atoms with Crippen molar-refractivity contribution in [2.45, 2.75) is 0 Å². The largest absolute Gasteiger partial charge is 0.109 e. The van der Waals surface area contributed by atoms with Crippen LogP contribution in [0.25, 0.3) is 0 Å². The van der Waals surface area contributed by atoms with Gasteiger partial charge in [0, 0.05) is 0 Å². The van der Waals surface area contributed by atoms with E-state index >= 15 is 0 Å². The van der Waals surface area contributed by atoms with Crippen LogP contribution in [0.15, 0.2) is 11.9 Å². The van der Waals surface area contributed by atoms with E-state index in [4.69, 9.17) is 0 Å². The Morgan fingerprint density at radius 3 is 3.00 bits per heavy atom. The molecule has 38 valence electrons. The van der Waals surface area contributed by atoms with Gasteiger partial charge in [-0.25, -0.2) is 0 Å². The topological polar surface area (TPSA) is 0 Å². The lowest BCUT2D eigenvalue weighted by atomic mass is 10.8. The third-order valence-electron chi connectivity index (χ3n) is 0.656. The molecule has 0 aliphatic rings. The zero-order chi connectivity index (χ0) is 5.11. The highest BCUT2D eigenvalue weighted by Gasteiger charge is 1.81. The van der Waals surface area contributed by atoms with Gasteiger partial charge in [-0.15, -0.1) is 16.8 Å². The Morgan fingerprint density at radius 2 is 2.71 bits per heavy atom. The molecule has 0 spiro atoms. The third kappa shape index (κ3) is 1.79. The van der Waals surface area contributed by atoms with Crippen molar-refractivity contribution in [2.75, 3.05) is 0 Å². The van der Waals surface area contributed by atoms with Crippen LogP contribution in [0.2, 0.25) is 0 Å². The first-order valence-electron chi connectivity index (χ1n) is 1.89. The van der Waals surface area contributed by atoms with Crippen LogP contribution in [0.5, 0.6) is 0 Å². The fourth-order valence-corrected chi connectivity index (χ4v) is 5.93. The average molecular weight is 166 g/mol. The Bertz CT molecular complexity index is 121. The monoisotopic (exact) mass is 166 g/mol. The van der Waals surface area contributed by atoms with Crippen molar-refractivity contribution in [2.24, 2.45) is 0 Å². The fraction of sp³-hybridized carbons (Fsp3) is 0. The predicted octanol–water partition coefficient (Wildman–Crippen LogP) is 2.39. The molecule has 0 amide bonds. The summed E-state index contributed by atoms with van der Waals surface area (Å²) < 4.78 is 0. The maximum Gasteiger partial charge on any atom is -0.00231 e. The number of hydrogen-bond donors (Lipinski definition) is 0. The van der Waals surface area contributed by atoms with Crippen molar-refractivity contribution in [1.29, 1.82) is 0 Å². The van der Waals surface area contributed by atoms with Crippen molar-refractivity contribution in [3.05, 3.63) is 11.9 Å². The minimum absolute atomic E-state index is 0.963. The molecule has 0 nitrogen and oxygen atoms in total. The second kappa shape index (κ2) is 3.17. The summed E-state index contributed by atoms with van der Waals surface area (Å²) in [4.78, 5) is 0. The first-order chi connectivity index (χ1) is 3.43. The van der Waals surface area contributed by atoms with E-state index in [0.717, 1.165) is 16.1 Å². The van der Waals surface area contributed by atoms with Crippen LogP contribution >= 0.6 is 32.9 Å². The summed E-state index contributed by atoms with van der Waals surface area (Å²) in [6, 6.07) is 2.24. The molecule has 0 radical (unpaired) electrons. The zero-order valence-electron chi connectivity index (χ0n) is 3.68. The molecule has 7 heavy (non-hydrogen) atoms. The van der Waals surface area contributed by atoms with Crippen LogP contribution in [-0.4, -0.2) is 0 Å². The molecular weight excluding hydrogens is 160 g/mol. The zero-order valence-corrected chi connectivity index (χ0v) is 7.73. The van der Waals surface area contributed by atoms with E-state index in [-0.39, 0.29) is 0 Å². The lowest BCUT2D eigenvalue weighted by Gasteiger charge is -1.79. The fourth-order valence-electron chi connectivity index (χ4n) is 0.336. The molecule has 0 aliphatic heterocycles. The molecule has 0 N–H and O–H groups in total. The molecule has 1 aromatic rings. The first kappa shape index (κ1) is 6.19. The van der Waals surface area contributed by atoms with E-state index in [1.807, 2.05) is 0 Å². The van der Waals surface area contributed by atoms with Gasteiger partial charge in [0.05, 0.1) is 0 Å². The summed E-state index contributed by atoms with van der Waals surface area (Å²) in [6.45, 7) is 0. The quantitative estimate of drug-likeness (QED) is 0.561. The van der Waals surface area contributed by atoms with Gasteiger partial charge in [0.25, 0.3) is 0 Å². The number of hydrogen-bond acceptors (Lipinski definition) is 0. The molecule has 1 aromatic heterocycles. The molecule has 0 saturated heterocycles. The summed E-state index contributed by atoms with van der Waals surface area (Å²) in [5.74, 6) is 2.23. The Labute approximate surface area is 50.4 Å². The van der Waals surface area contributed by atoms with Gasteiger partial charge in [0.15, 0.2) is 0 Å². The van der Waals surface area contributed by atoms with Gasteiger partial charge in [-0.1, -0.05) is 16.1 Å². The van der Waals surface area contributed by atoms with Crippen LogP contribution in [-0.2, 0) is 0 Å². The molecule has 0 aliphatic carbocycles. The van der Waals surface area contributed by atoms with Crippen molar-refractivity contribution in [3.8, 4) is 0 Å². The smallest absolute Gasteiger partial charge is 0.00231 e. The van der Waals surface area contributed by atoms with Gasteiger partial charge in [0.2, 0.25) is 0 Å². The van der Waals surface area contributed by atoms with Crippen molar-refractivity contribution >= 4 is 38.0 Å². The molecule has 0 aromatic carbocycles. The van der Waals surface area contributed by atoms with Crippen LogP contribution < -0.4 is 5.04 Å². The third-order valence-corrected chi connectivity index (χ3v) is 6.76. The molecule has 0 fully saturated rings. The molecule has 0 saturated carbocycles. The van der Waals surface area contributed by atoms with Gasteiger partial charge >= 0.3 is 0 Å². The van der Waals surface area contributed by atoms with Gasteiger partial charge in [-0.3, -0.25) is 0 Å². The maximum absolute atomic E-state index is 2.77. The maximum atomic E-state index is 2.77. The summed E-state index contributed by atoms with van der Waals surface area (Å²) in [6.07, 6.45) is 0. The van der Waals surface area contributed by atoms with Crippen LogP contribution in [0.4, 0.5) is 0 Å². The molecule has 1 rings (SSSR count). The lowest BCUT2D eigenvalue weighted by Crippen LogP contribution is -1.71. The molecule has 3 unspecified atom stereocenters. The van der Waals surface area contributed by atoms with E-state index in [1.165, 1.54) is 7.87 Å². The van der Waals surface area contributed by atoms with Gasteiger partial charge in [-0.05, 0) is 16.9 Å². The van der Waals surface area contributed by atoms with Crippen molar-refractivity contribution < 1.29 is 0 Å².